The number of hydrogen-bond donors (Lipinski definition) is 1. The summed E-state index contributed by atoms with van der Waals surface area (Å²) in [6.45, 7) is 0.250. The van der Waals surface area contributed by atoms with Crippen LogP contribution in [-0.4, -0.2) is 24.9 Å². The van der Waals surface area contributed by atoms with E-state index >= 15 is 0 Å². The van der Waals surface area contributed by atoms with Crippen LogP contribution in [0.25, 0.3) is 0 Å². The zero-order valence-electron chi connectivity index (χ0n) is 10.8. The van der Waals surface area contributed by atoms with E-state index < -0.39 is 10.0 Å². The van der Waals surface area contributed by atoms with Crippen LogP contribution in [-0.2, 0) is 16.6 Å². The van der Waals surface area contributed by atoms with Crippen LogP contribution in [0.4, 0.5) is 0 Å². The van der Waals surface area contributed by atoms with E-state index in [-0.39, 0.29) is 17.2 Å². The number of rotatable bonds is 4. The molecule has 2 rings (SSSR count). The molecule has 0 aromatic heterocycles. The Bertz CT molecular complexity index is 681. The van der Waals surface area contributed by atoms with Crippen molar-refractivity contribution in [3.63, 3.8) is 0 Å². The summed E-state index contributed by atoms with van der Waals surface area (Å²) in [4.78, 5) is 0.145. The van der Waals surface area contributed by atoms with Gasteiger partial charge in [-0.3, -0.25) is 0 Å². The molecule has 0 amide bonds. The standard InChI is InChI=1S/C14H14ClNO3S/c1-16(10-11-2-4-12(15)5-3-11)20(18,19)14-8-6-13(17)7-9-14/h2-9,17H,10H2,1H3. The molecule has 0 aliphatic carbocycles. The van der Waals surface area contributed by atoms with Gasteiger partial charge in [0.25, 0.3) is 0 Å². The van der Waals surface area contributed by atoms with Gasteiger partial charge >= 0.3 is 0 Å². The average molecular weight is 312 g/mol. The lowest BCUT2D eigenvalue weighted by atomic mass is 10.2. The summed E-state index contributed by atoms with van der Waals surface area (Å²) in [7, 11) is -2.06. The molecule has 1 N–H and O–H groups in total. The lowest BCUT2D eigenvalue weighted by molar-refractivity contribution is 0.465. The molecule has 0 spiro atoms. The number of sulfonamides is 1. The fraction of sp³-hybridized carbons (Fsp3) is 0.143. The molecule has 0 bridgehead atoms. The van der Waals surface area contributed by atoms with E-state index in [1.807, 2.05) is 0 Å². The number of phenols is 1. The number of aromatic hydroxyl groups is 1. The summed E-state index contributed by atoms with van der Waals surface area (Å²) in [6.07, 6.45) is 0. The molecule has 0 saturated heterocycles. The first-order valence-electron chi connectivity index (χ1n) is 5.89. The van der Waals surface area contributed by atoms with Gasteiger partial charge in [0.05, 0.1) is 4.90 Å². The maximum atomic E-state index is 12.3. The van der Waals surface area contributed by atoms with Crippen molar-refractivity contribution in [2.75, 3.05) is 7.05 Å². The fourth-order valence-electron chi connectivity index (χ4n) is 1.73. The highest BCUT2D eigenvalue weighted by Gasteiger charge is 2.20. The van der Waals surface area contributed by atoms with Crippen molar-refractivity contribution in [2.24, 2.45) is 0 Å². The smallest absolute Gasteiger partial charge is 0.243 e. The molecule has 2 aromatic rings. The Kier molecular flexibility index (Phi) is 4.32. The van der Waals surface area contributed by atoms with Gasteiger partial charge in [-0.15, -0.1) is 0 Å². The van der Waals surface area contributed by atoms with Gasteiger partial charge in [-0.2, -0.15) is 4.31 Å². The van der Waals surface area contributed by atoms with Crippen LogP contribution < -0.4 is 0 Å². The summed E-state index contributed by atoms with van der Waals surface area (Å²) in [5.41, 5.74) is 0.847. The van der Waals surface area contributed by atoms with E-state index in [0.29, 0.717) is 5.02 Å². The van der Waals surface area contributed by atoms with Crippen molar-refractivity contribution in [1.82, 2.24) is 4.31 Å². The monoisotopic (exact) mass is 311 g/mol. The largest absolute Gasteiger partial charge is 0.508 e. The Morgan fingerprint density at radius 3 is 2.15 bits per heavy atom. The zero-order chi connectivity index (χ0) is 14.8. The molecule has 0 radical (unpaired) electrons. The average Bonchev–Trinajstić information content (AvgIpc) is 2.42. The second kappa shape index (κ2) is 5.83. The van der Waals surface area contributed by atoms with Crippen LogP contribution in [0.5, 0.6) is 5.75 Å². The van der Waals surface area contributed by atoms with Crippen LogP contribution in [0.2, 0.25) is 5.02 Å². The minimum absolute atomic E-state index is 0.0318. The lowest BCUT2D eigenvalue weighted by Gasteiger charge is -2.17. The molecular formula is C14H14ClNO3S. The van der Waals surface area contributed by atoms with E-state index in [4.69, 9.17) is 11.6 Å². The van der Waals surface area contributed by atoms with Gasteiger partial charge in [0, 0.05) is 18.6 Å². The minimum atomic E-state index is -3.57. The van der Waals surface area contributed by atoms with Crippen molar-refractivity contribution in [1.29, 1.82) is 0 Å². The van der Waals surface area contributed by atoms with Crippen LogP contribution in [0.3, 0.4) is 0 Å². The predicted molar refractivity (Wildman–Crippen MR) is 78.2 cm³/mol. The topological polar surface area (TPSA) is 57.6 Å². The van der Waals surface area contributed by atoms with Gasteiger partial charge in [0.15, 0.2) is 0 Å². The fourth-order valence-corrected chi connectivity index (χ4v) is 3.01. The van der Waals surface area contributed by atoms with Crippen molar-refractivity contribution < 1.29 is 13.5 Å². The van der Waals surface area contributed by atoms with Gasteiger partial charge in [-0.1, -0.05) is 23.7 Å². The van der Waals surface area contributed by atoms with E-state index in [1.54, 1.807) is 24.3 Å². The Hall–Kier alpha value is -1.56. The number of halogens is 1. The summed E-state index contributed by atoms with van der Waals surface area (Å²) >= 11 is 5.79. The number of hydrogen-bond acceptors (Lipinski definition) is 3. The van der Waals surface area contributed by atoms with Gasteiger partial charge in [-0.25, -0.2) is 8.42 Å². The molecule has 0 saturated carbocycles. The Labute approximate surface area is 123 Å². The highest BCUT2D eigenvalue weighted by atomic mass is 35.5. The third kappa shape index (κ3) is 3.30. The summed E-state index contributed by atoms with van der Waals surface area (Å²) in [5.74, 6) is 0.0318. The molecule has 2 aromatic carbocycles. The maximum Gasteiger partial charge on any atom is 0.243 e. The van der Waals surface area contributed by atoms with Crippen LogP contribution in [0.15, 0.2) is 53.4 Å². The highest BCUT2D eigenvalue weighted by molar-refractivity contribution is 7.89. The lowest BCUT2D eigenvalue weighted by Crippen LogP contribution is -2.26. The van der Waals surface area contributed by atoms with E-state index in [1.165, 1.54) is 35.6 Å². The van der Waals surface area contributed by atoms with Crippen molar-refractivity contribution in [3.8, 4) is 5.75 Å². The summed E-state index contributed by atoms with van der Waals surface area (Å²) in [5, 5.41) is 9.81. The number of phenolic OH excluding ortho intramolecular Hbond substituents is 1. The van der Waals surface area contributed by atoms with E-state index in [0.717, 1.165) is 5.56 Å². The molecule has 6 heteroatoms. The van der Waals surface area contributed by atoms with Crippen LogP contribution in [0.1, 0.15) is 5.56 Å². The third-order valence-electron chi connectivity index (χ3n) is 2.86. The Morgan fingerprint density at radius 2 is 1.60 bits per heavy atom. The first-order valence-corrected chi connectivity index (χ1v) is 7.71. The number of nitrogens with zero attached hydrogens (tertiary/aromatic N) is 1. The molecule has 0 unspecified atom stereocenters. The predicted octanol–water partition coefficient (Wildman–Crippen LogP) is 2.87. The van der Waals surface area contributed by atoms with Gasteiger partial charge in [0.2, 0.25) is 10.0 Å². The molecule has 0 aliphatic heterocycles. The summed E-state index contributed by atoms with van der Waals surface area (Å²) < 4.78 is 25.9. The van der Waals surface area contributed by atoms with Gasteiger partial charge in [0.1, 0.15) is 5.75 Å². The molecule has 0 fully saturated rings. The Balaban J connectivity index is 2.21. The zero-order valence-corrected chi connectivity index (χ0v) is 12.4. The molecule has 0 aliphatic rings. The molecule has 106 valence electrons. The molecule has 0 heterocycles. The molecular weight excluding hydrogens is 298 g/mol. The molecule has 4 nitrogen and oxygen atoms in total. The Morgan fingerprint density at radius 1 is 1.05 bits per heavy atom. The van der Waals surface area contributed by atoms with Crippen LogP contribution in [0, 0.1) is 0 Å². The van der Waals surface area contributed by atoms with Gasteiger partial charge < -0.3 is 5.11 Å². The highest BCUT2D eigenvalue weighted by Crippen LogP contribution is 2.20. The van der Waals surface area contributed by atoms with Gasteiger partial charge in [-0.05, 0) is 42.0 Å². The normalized spacial score (nSPS) is 11.8. The first-order chi connectivity index (χ1) is 9.39. The van der Waals surface area contributed by atoms with E-state index in [2.05, 4.69) is 0 Å². The molecule has 20 heavy (non-hydrogen) atoms. The van der Waals surface area contributed by atoms with E-state index in [9.17, 15) is 13.5 Å². The van der Waals surface area contributed by atoms with Crippen molar-refractivity contribution >= 4 is 21.6 Å². The van der Waals surface area contributed by atoms with Crippen molar-refractivity contribution in [3.05, 3.63) is 59.1 Å². The molecule has 0 atom stereocenters. The van der Waals surface area contributed by atoms with Crippen molar-refractivity contribution in [2.45, 2.75) is 11.4 Å². The second-order valence-electron chi connectivity index (χ2n) is 4.38. The number of benzene rings is 2. The first kappa shape index (κ1) is 14.8. The SMILES string of the molecule is CN(Cc1ccc(Cl)cc1)S(=O)(=O)c1ccc(O)cc1. The maximum absolute atomic E-state index is 12.3. The summed E-state index contributed by atoms with van der Waals surface area (Å²) in [6, 6.07) is 12.5. The van der Waals surface area contributed by atoms with Crippen LogP contribution >= 0.6 is 11.6 Å². The third-order valence-corrected chi connectivity index (χ3v) is 4.93. The minimum Gasteiger partial charge on any atom is -0.508 e. The quantitative estimate of drug-likeness (QED) is 0.944. The second-order valence-corrected chi connectivity index (χ2v) is 6.86.